The molecule has 5 nitrogen and oxygen atoms in total. The number of rotatable bonds is 6. The summed E-state index contributed by atoms with van der Waals surface area (Å²) in [6, 6.07) is 16.5. The first-order valence-electron chi connectivity index (χ1n) is 10.8. The van der Waals surface area contributed by atoms with Crippen LogP contribution in [0.1, 0.15) is 43.4 Å². The van der Waals surface area contributed by atoms with E-state index in [0.717, 1.165) is 42.6 Å². The third-order valence-corrected chi connectivity index (χ3v) is 5.98. The minimum absolute atomic E-state index is 0.102. The highest BCUT2D eigenvalue weighted by molar-refractivity contribution is 6.33. The molecule has 1 saturated heterocycles. The van der Waals surface area contributed by atoms with Crippen LogP contribution in [0.4, 0.5) is 21.6 Å². The van der Waals surface area contributed by atoms with Crippen molar-refractivity contribution in [2.45, 2.75) is 38.8 Å². The molecule has 1 fully saturated rings. The third-order valence-electron chi connectivity index (χ3n) is 5.68. The molecule has 0 aliphatic carbocycles. The van der Waals surface area contributed by atoms with Crippen LogP contribution in [0.25, 0.3) is 0 Å². The molecule has 1 amide bonds. The summed E-state index contributed by atoms with van der Waals surface area (Å²) in [6.45, 7) is 2.88. The lowest BCUT2D eigenvalue weighted by atomic mass is 9.95. The zero-order valence-corrected chi connectivity index (χ0v) is 18.7. The first kappa shape index (κ1) is 22.1. The zero-order valence-electron chi connectivity index (χ0n) is 17.9. The molecular weight excluding hydrogens is 427 g/mol. The number of nitrogens with one attached hydrogen (secondary N) is 2. The van der Waals surface area contributed by atoms with Gasteiger partial charge in [-0.3, -0.25) is 4.79 Å². The predicted octanol–water partition coefficient (Wildman–Crippen LogP) is 6.30. The molecule has 166 valence electrons. The molecule has 4 rings (SSSR count). The Morgan fingerprint density at radius 3 is 2.84 bits per heavy atom. The fourth-order valence-corrected chi connectivity index (χ4v) is 4.28. The van der Waals surface area contributed by atoms with Crippen molar-refractivity contribution in [1.29, 1.82) is 0 Å². The molecule has 0 bridgehead atoms. The van der Waals surface area contributed by atoms with Crippen molar-refractivity contribution < 1.29 is 9.18 Å². The van der Waals surface area contributed by atoms with Crippen molar-refractivity contribution in [3.8, 4) is 0 Å². The molecule has 2 N–H and O–H groups in total. The zero-order chi connectivity index (χ0) is 22.5. The van der Waals surface area contributed by atoms with Gasteiger partial charge >= 0.3 is 0 Å². The minimum atomic E-state index is -0.270. The molecule has 2 aromatic carbocycles. The van der Waals surface area contributed by atoms with Crippen LogP contribution in [0.5, 0.6) is 0 Å². The van der Waals surface area contributed by atoms with Gasteiger partial charge in [0, 0.05) is 31.8 Å². The molecule has 1 aliphatic heterocycles. The quantitative estimate of drug-likeness (QED) is 0.460. The summed E-state index contributed by atoms with van der Waals surface area (Å²) in [5, 5.41) is 7.06. The average molecular weight is 453 g/mol. The monoisotopic (exact) mass is 452 g/mol. The molecule has 32 heavy (non-hydrogen) atoms. The normalized spacial score (nSPS) is 16.0. The van der Waals surface area contributed by atoms with Crippen molar-refractivity contribution in [2.75, 3.05) is 17.2 Å². The number of aromatic nitrogens is 1. The van der Waals surface area contributed by atoms with Gasteiger partial charge in [-0.25, -0.2) is 9.37 Å². The molecule has 1 atom stereocenters. The molecule has 1 unspecified atom stereocenters. The van der Waals surface area contributed by atoms with E-state index in [2.05, 4.69) is 27.8 Å². The molecule has 0 saturated carbocycles. The van der Waals surface area contributed by atoms with Gasteiger partial charge in [0.2, 0.25) is 5.91 Å². The number of likely N-dealkylation sites (tertiary alicyclic amines) is 1. The van der Waals surface area contributed by atoms with Gasteiger partial charge in [0.25, 0.3) is 0 Å². The number of hydrogen-bond donors (Lipinski definition) is 2. The lowest BCUT2D eigenvalue weighted by molar-refractivity contribution is -0.132. The Morgan fingerprint density at radius 2 is 2.03 bits per heavy atom. The highest BCUT2D eigenvalue weighted by Crippen LogP contribution is 2.33. The number of piperidine rings is 1. The van der Waals surface area contributed by atoms with E-state index >= 15 is 0 Å². The smallest absolute Gasteiger partial charge is 0.219 e. The Labute approximate surface area is 192 Å². The largest absolute Gasteiger partial charge is 0.380 e. The molecule has 3 aromatic rings. The first-order chi connectivity index (χ1) is 15.5. The lowest BCUT2D eigenvalue weighted by Gasteiger charge is -2.35. The number of pyridine rings is 1. The van der Waals surface area contributed by atoms with Crippen LogP contribution in [0.3, 0.4) is 0 Å². The lowest BCUT2D eigenvalue weighted by Crippen LogP contribution is -2.36. The van der Waals surface area contributed by atoms with E-state index in [0.29, 0.717) is 23.1 Å². The topological polar surface area (TPSA) is 57.3 Å². The van der Waals surface area contributed by atoms with Crippen molar-refractivity contribution in [2.24, 2.45) is 0 Å². The maximum Gasteiger partial charge on any atom is 0.219 e. The first-order valence-corrected chi connectivity index (χ1v) is 11.2. The van der Waals surface area contributed by atoms with E-state index in [4.69, 9.17) is 11.6 Å². The van der Waals surface area contributed by atoms with Crippen LogP contribution in [-0.4, -0.2) is 22.3 Å². The maximum atomic E-state index is 13.4. The number of carbonyl (C=O) groups is 1. The Balaban J connectivity index is 1.49. The SMILES string of the molecule is CC(=O)N1CCCCC1c1cccc(Nc2cc(NCc3cccc(F)c3)c(Cl)cn2)c1. The van der Waals surface area contributed by atoms with E-state index < -0.39 is 0 Å². The minimum Gasteiger partial charge on any atom is -0.380 e. The standard InChI is InChI=1S/C25H26ClFN4O/c1-17(32)31-11-3-2-10-24(31)19-7-5-9-21(13-19)30-25-14-23(22(26)16-29-25)28-15-18-6-4-8-20(27)12-18/h4-9,12-14,16,24H,2-3,10-11,15H2,1H3,(H2,28,29,30). The highest BCUT2D eigenvalue weighted by atomic mass is 35.5. The second-order valence-corrected chi connectivity index (χ2v) is 8.41. The Bertz CT molecular complexity index is 1110. The van der Waals surface area contributed by atoms with Crippen LogP contribution >= 0.6 is 11.6 Å². The van der Waals surface area contributed by atoms with Crippen LogP contribution in [-0.2, 0) is 11.3 Å². The van der Waals surface area contributed by atoms with Crippen molar-refractivity contribution in [3.63, 3.8) is 0 Å². The number of benzene rings is 2. The van der Waals surface area contributed by atoms with E-state index in [9.17, 15) is 9.18 Å². The Kier molecular flexibility index (Phi) is 6.90. The summed E-state index contributed by atoms with van der Waals surface area (Å²) in [6.07, 6.45) is 4.72. The fraction of sp³-hybridized carbons (Fsp3) is 0.280. The summed E-state index contributed by atoms with van der Waals surface area (Å²) in [5.41, 5.74) is 3.54. The summed E-state index contributed by atoms with van der Waals surface area (Å²) < 4.78 is 13.4. The van der Waals surface area contributed by atoms with Gasteiger partial charge < -0.3 is 15.5 Å². The summed E-state index contributed by atoms with van der Waals surface area (Å²) in [7, 11) is 0. The molecular formula is C25H26ClFN4O. The van der Waals surface area contributed by atoms with Crippen molar-refractivity contribution in [3.05, 3.63) is 82.8 Å². The molecule has 0 radical (unpaired) electrons. The second-order valence-electron chi connectivity index (χ2n) is 8.01. The fourth-order valence-electron chi connectivity index (χ4n) is 4.11. The number of carbonyl (C=O) groups excluding carboxylic acids is 1. The third kappa shape index (κ3) is 5.37. The molecule has 1 aliphatic rings. The Morgan fingerprint density at radius 1 is 1.19 bits per heavy atom. The van der Waals surface area contributed by atoms with E-state index in [1.807, 2.05) is 29.2 Å². The number of anilines is 3. The number of nitrogens with zero attached hydrogens (tertiary/aromatic N) is 2. The number of amides is 1. The Hall–Kier alpha value is -3.12. The summed E-state index contributed by atoms with van der Waals surface area (Å²) >= 11 is 6.30. The van der Waals surface area contributed by atoms with E-state index in [-0.39, 0.29) is 17.8 Å². The maximum absolute atomic E-state index is 13.4. The average Bonchev–Trinajstić information content (AvgIpc) is 2.79. The molecule has 7 heteroatoms. The van der Waals surface area contributed by atoms with E-state index in [1.165, 1.54) is 12.1 Å². The van der Waals surface area contributed by atoms with Gasteiger partial charge in [-0.15, -0.1) is 0 Å². The van der Waals surface area contributed by atoms with Crippen LogP contribution in [0.15, 0.2) is 60.8 Å². The highest BCUT2D eigenvalue weighted by Gasteiger charge is 2.25. The van der Waals surface area contributed by atoms with Gasteiger partial charge in [-0.1, -0.05) is 35.9 Å². The van der Waals surface area contributed by atoms with Gasteiger partial charge in [-0.05, 0) is 54.7 Å². The van der Waals surface area contributed by atoms with Crippen LogP contribution < -0.4 is 10.6 Å². The van der Waals surface area contributed by atoms with Gasteiger partial charge in [0.15, 0.2) is 0 Å². The van der Waals surface area contributed by atoms with E-state index in [1.54, 1.807) is 19.2 Å². The molecule has 2 heterocycles. The van der Waals surface area contributed by atoms with Gasteiger partial charge in [0.1, 0.15) is 11.6 Å². The van der Waals surface area contributed by atoms with Crippen molar-refractivity contribution >= 4 is 34.7 Å². The van der Waals surface area contributed by atoms with Gasteiger partial charge in [0.05, 0.1) is 22.9 Å². The molecule has 1 aromatic heterocycles. The predicted molar refractivity (Wildman–Crippen MR) is 127 cm³/mol. The van der Waals surface area contributed by atoms with Crippen molar-refractivity contribution in [1.82, 2.24) is 9.88 Å². The number of hydrogen-bond acceptors (Lipinski definition) is 4. The van der Waals surface area contributed by atoms with Crippen LogP contribution in [0, 0.1) is 5.82 Å². The van der Waals surface area contributed by atoms with Gasteiger partial charge in [-0.2, -0.15) is 0 Å². The number of halogens is 2. The summed E-state index contributed by atoms with van der Waals surface area (Å²) in [5.74, 6) is 0.482. The molecule has 0 spiro atoms. The van der Waals surface area contributed by atoms with Crippen LogP contribution in [0.2, 0.25) is 5.02 Å². The summed E-state index contributed by atoms with van der Waals surface area (Å²) in [4.78, 5) is 18.4. The second kappa shape index (κ2) is 10.0.